The molecule has 0 aromatic carbocycles. The highest BCUT2D eigenvalue weighted by Crippen LogP contribution is 2.11. The van der Waals surface area contributed by atoms with Crippen LogP contribution in [0.15, 0.2) is 0 Å². The van der Waals surface area contributed by atoms with Gasteiger partial charge in [-0.25, -0.2) is 0 Å². The molecule has 0 aliphatic heterocycles. The van der Waals surface area contributed by atoms with Crippen molar-refractivity contribution >= 4 is 0 Å². The van der Waals surface area contributed by atoms with Crippen LogP contribution >= 0.6 is 0 Å². The summed E-state index contributed by atoms with van der Waals surface area (Å²) in [6.07, 6.45) is 12.3. The Hall–Kier alpha value is -0.0400. The molecule has 14 heavy (non-hydrogen) atoms. The Labute approximate surface area is 89.9 Å². The van der Waals surface area contributed by atoms with Gasteiger partial charge in [0.2, 0.25) is 0 Å². The van der Waals surface area contributed by atoms with Gasteiger partial charge >= 0.3 is 0 Å². The number of aliphatic hydroxyl groups excluding tert-OH is 1. The maximum atomic E-state index is 9.63. The monoisotopic (exact) mass is 200 g/mol. The topological polar surface area (TPSA) is 20.2 Å². The second kappa shape index (κ2) is 11.0. The highest BCUT2D eigenvalue weighted by atomic mass is 16.3. The number of unbranched alkanes of at least 4 members (excludes halogenated alkanes) is 6. The molecule has 86 valence electrons. The van der Waals surface area contributed by atoms with E-state index in [-0.39, 0.29) is 6.10 Å². The summed E-state index contributed by atoms with van der Waals surface area (Å²) in [7, 11) is 0. The van der Waals surface area contributed by atoms with Crippen LogP contribution in [-0.2, 0) is 0 Å². The van der Waals surface area contributed by atoms with Crippen LogP contribution in [0.5, 0.6) is 0 Å². The first-order valence-corrected chi connectivity index (χ1v) is 6.49. The average Bonchev–Trinajstić information content (AvgIpc) is 2.18. The molecule has 0 saturated heterocycles. The maximum absolute atomic E-state index is 9.63. The molecule has 0 radical (unpaired) electrons. The lowest BCUT2D eigenvalue weighted by molar-refractivity contribution is 0.147. The van der Waals surface area contributed by atoms with Gasteiger partial charge in [-0.15, -0.1) is 0 Å². The van der Waals surface area contributed by atoms with Crippen molar-refractivity contribution in [3.05, 3.63) is 0 Å². The van der Waals surface area contributed by atoms with Gasteiger partial charge in [0, 0.05) is 0 Å². The Morgan fingerprint density at radius 2 is 1.14 bits per heavy atom. The summed E-state index contributed by atoms with van der Waals surface area (Å²) in [6.45, 7) is 4.44. The van der Waals surface area contributed by atoms with Crippen LogP contribution in [0.4, 0.5) is 0 Å². The van der Waals surface area contributed by atoms with Crippen molar-refractivity contribution in [1.82, 2.24) is 0 Å². The summed E-state index contributed by atoms with van der Waals surface area (Å²) in [5.74, 6) is 0. The molecule has 1 unspecified atom stereocenters. The molecule has 0 aliphatic rings. The van der Waals surface area contributed by atoms with Crippen LogP contribution in [0.25, 0.3) is 0 Å². The normalized spacial score (nSPS) is 13.1. The predicted octanol–water partition coefficient (Wildman–Crippen LogP) is 4.29. The van der Waals surface area contributed by atoms with Crippen LogP contribution in [0.1, 0.15) is 78.1 Å². The zero-order valence-electron chi connectivity index (χ0n) is 10.1. The number of hydrogen-bond donors (Lipinski definition) is 1. The minimum Gasteiger partial charge on any atom is -0.393 e. The van der Waals surface area contributed by atoms with E-state index in [2.05, 4.69) is 13.8 Å². The van der Waals surface area contributed by atoms with E-state index in [0.29, 0.717) is 0 Å². The van der Waals surface area contributed by atoms with Crippen LogP contribution < -0.4 is 0 Å². The molecule has 0 bridgehead atoms. The molecule has 1 nitrogen and oxygen atoms in total. The molecule has 0 amide bonds. The fourth-order valence-corrected chi connectivity index (χ4v) is 1.76. The lowest BCUT2D eigenvalue weighted by Crippen LogP contribution is -2.05. The van der Waals surface area contributed by atoms with Crippen molar-refractivity contribution in [1.29, 1.82) is 0 Å². The highest BCUT2D eigenvalue weighted by molar-refractivity contribution is 4.56. The lowest BCUT2D eigenvalue weighted by atomic mass is 10.0. The zero-order valence-corrected chi connectivity index (χ0v) is 10.1. The SMILES string of the molecule is CCCCCCCC(O)CCCCC. The average molecular weight is 200 g/mol. The first-order valence-electron chi connectivity index (χ1n) is 6.49. The number of rotatable bonds is 10. The van der Waals surface area contributed by atoms with Gasteiger partial charge < -0.3 is 5.11 Å². The van der Waals surface area contributed by atoms with E-state index in [1.54, 1.807) is 0 Å². The quantitative estimate of drug-likeness (QED) is 0.522. The molecule has 0 spiro atoms. The van der Waals surface area contributed by atoms with E-state index in [0.717, 1.165) is 12.8 Å². The molecule has 0 saturated carbocycles. The summed E-state index contributed by atoms with van der Waals surface area (Å²) in [4.78, 5) is 0. The van der Waals surface area contributed by atoms with Crippen LogP contribution in [0.3, 0.4) is 0 Å². The van der Waals surface area contributed by atoms with E-state index >= 15 is 0 Å². The Balaban J connectivity index is 3.06. The van der Waals surface area contributed by atoms with Crippen molar-refractivity contribution in [2.24, 2.45) is 0 Å². The molecule has 0 fully saturated rings. The summed E-state index contributed by atoms with van der Waals surface area (Å²) in [5, 5.41) is 9.63. The minimum absolute atomic E-state index is 0.0248. The summed E-state index contributed by atoms with van der Waals surface area (Å²) in [6, 6.07) is 0. The largest absolute Gasteiger partial charge is 0.393 e. The second-order valence-electron chi connectivity index (χ2n) is 4.35. The standard InChI is InChI=1S/C13H28O/c1-3-5-7-8-10-12-13(14)11-9-6-4-2/h13-14H,3-12H2,1-2H3. The molecular formula is C13H28O. The molecule has 0 aliphatic carbocycles. The molecule has 1 atom stereocenters. The Morgan fingerprint density at radius 1 is 0.714 bits per heavy atom. The van der Waals surface area contributed by atoms with Crippen LogP contribution in [0, 0.1) is 0 Å². The highest BCUT2D eigenvalue weighted by Gasteiger charge is 2.02. The van der Waals surface area contributed by atoms with E-state index in [1.807, 2.05) is 0 Å². The molecule has 0 rings (SSSR count). The third-order valence-corrected chi connectivity index (χ3v) is 2.78. The Morgan fingerprint density at radius 3 is 1.71 bits per heavy atom. The van der Waals surface area contributed by atoms with Crippen molar-refractivity contribution < 1.29 is 5.11 Å². The van der Waals surface area contributed by atoms with Gasteiger partial charge in [-0.3, -0.25) is 0 Å². The van der Waals surface area contributed by atoms with E-state index in [1.165, 1.54) is 51.4 Å². The molecule has 0 aromatic rings. The van der Waals surface area contributed by atoms with Gasteiger partial charge in [0.25, 0.3) is 0 Å². The Bertz CT molecular complexity index is 101. The number of hydrogen-bond acceptors (Lipinski definition) is 1. The number of aliphatic hydroxyl groups is 1. The van der Waals surface area contributed by atoms with Gasteiger partial charge in [-0.1, -0.05) is 65.2 Å². The smallest absolute Gasteiger partial charge is 0.0540 e. The van der Waals surface area contributed by atoms with Crippen molar-refractivity contribution in [2.75, 3.05) is 0 Å². The second-order valence-corrected chi connectivity index (χ2v) is 4.35. The van der Waals surface area contributed by atoms with Crippen LogP contribution in [0.2, 0.25) is 0 Å². The molecule has 0 heterocycles. The van der Waals surface area contributed by atoms with Gasteiger partial charge in [0.15, 0.2) is 0 Å². The first-order chi connectivity index (χ1) is 6.81. The third-order valence-electron chi connectivity index (χ3n) is 2.78. The molecule has 1 N–H and O–H groups in total. The van der Waals surface area contributed by atoms with E-state index in [4.69, 9.17) is 0 Å². The van der Waals surface area contributed by atoms with Crippen molar-refractivity contribution in [2.45, 2.75) is 84.2 Å². The van der Waals surface area contributed by atoms with E-state index < -0.39 is 0 Å². The van der Waals surface area contributed by atoms with Gasteiger partial charge in [0.1, 0.15) is 0 Å². The lowest BCUT2D eigenvalue weighted by Gasteiger charge is -2.09. The van der Waals surface area contributed by atoms with Crippen LogP contribution in [-0.4, -0.2) is 11.2 Å². The Kier molecular flexibility index (Phi) is 11.0. The third kappa shape index (κ3) is 10.0. The van der Waals surface area contributed by atoms with Gasteiger partial charge in [-0.2, -0.15) is 0 Å². The zero-order chi connectivity index (χ0) is 10.6. The summed E-state index contributed by atoms with van der Waals surface area (Å²) >= 11 is 0. The molecular weight excluding hydrogens is 172 g/mol. The summed E-state index contributed by atoms with van der Waals surface area (Å²) < 4.78 is 0. The summed E-state index contributed by atoms with van der Waals surface area (Å²) in [5.41, 5.74) is 0. The van der Waals surface area contributed by atoms with Gasteiger partial charge in [-0.05, 0) is 12.8 Å². The van der Waals surface area contributed by atoms with E-state index in [9.17, 15) is 5.11 Å². The molecule has 0 aromatic heterocycles. The maximum Gasteiger partial charge on any atom is 0.0540 e. The molecule has 1 heteroatoms. The van der Waals surface area contributed by atoms with Gasteiger partial charge in [0.05, 0.1) is 6.10 Å². The predicted molar refractivity (Wildman–Crippen MR) is 63.5 cm³/mol. The van der Waals surface area contributed by atoms with Crippen molar-refractivity contribution in [3.8, 4) is 0 Å². The van der Waals surface area contributed by atoms with Crippen molar-refractivity contribution in [3.63, 3.8) is 0 Å². The minimum atomic E-state index is -0.0248. The fourth-order valence-electron chi connectivity index (χ4n) is 1.76. The first kappa shape index (κ1) is 14.0. The fraction of sp³-hybridized carbons (Fsp3) is 1.00.